The second kappa shape index (κ2) is 3.62. The first-order chi connectivity index (χ1) is 7.09. The van der Waals surface area contributed by atoms with E-state index in [0.29, 0.717) is 11.4 Å². The van der Waals surface area contributed by atoms with E-state index >= 15 is 0 Å². The van der Waals surface area contributed by atoms with Crippen molar-refractivity contribution >= 4 is 28.4 Å². The molecule has 2 aromatic heterocycles. The van der Waals surface area contributed by atoms with Crippen molar-refractivity contribution in [3.05, 3.63) is 23.0 Å². The van der Waals surface area contributed by atoms with Crippen LogP contribution in [-0.4, -0.2) is 20.5 Å². The first kappa shape index (κ1) is 10.1. The van der Waals surface area contributed by atoms with Gasteiger partial charge in [-0.05, 0) is 12.5 Å². The van der Waals surface area contributed by atoms with E-state index < -0.39 is 0 Å². The zero-order valence-corrected chi connectivity index (χ0v) is 9.25. The van der Waals surface area contributed by atoms with E-state index in [1.165, 1.54) is 6.92 Å². The molecule has 5 heteroatoms. The predicted octanol–water partition coefficient (Wildman–Crippen LogP) is 1.75. The van der Waals surface area contributed by atoms with Crippen molar-refractivity contribution in [1.82, 2.24) is 14.8 Å². The summed E-state index contributed by atoms with van der Waals surface area (Å²) in [6, 6.07) is 0. The van der Waals surface area contributed by atoms with E-state index in [1.807, 2.05) is 0 Å². The van der Waals surface area contributed by atoms with E-state index in [9.17, 15) is 4.79 Å². The fourth-order valence-electron chi connectivity index (χ4n) is 1.50. The third-order valence-corrected chi connectivity index (χ3v) is 2.65. The SMILES string of the molecule is CC(=O)Cc1cnc2c(cnn2C)c1Cl. The second-order valence-electron chi connectivity index (χ2n) is 3.48. The van der Waals surface area contributed by atoms with Gasteiger partial charge in [0.2, 0.25) is 0 Å². The van der Waals surface area contributed by atoms with E-state index in [-0.39, 0.29) is 5.78 Å². The van der Waals surface area contributed by atoms with E-state index in [4.69, 9.17) is 11.6 Å². The molecule has 4 nitrogen and oxygen atoms in total. The Balaban J connectivity index is 2.60. The van der Waals surface area contributed by atoms with Crippen molar-refractivity contribution in [2.75, 3.05) is 0 Å². The molecule has 78 valence electrons. The number of hydrogen-bond acceptors (Lipinski definition) is 3. The molecule has 2 heterocycles. The molecule has 0 fully saturated rings. The quantitative estimate of drug-likeness (QED) is 0.780. The van der Waals surface area contributed by atoms with Crippen LogP contribution in [0.1, 0.15) is 12.5 Å². The van der Waals surface area contributed by atoms with Crippen LogP contribution in [0.15, 0.2) is 12.4 Å². The van der Waals surface area contributed by atoms with Gasteiger partial charge in [-0.1, -0.05) is 11.6 Å². The molecule has 0 saturated carbocycles. The fourth-order valence-corrected chi connectivity index (χ4v) is 1.75. The second-order valence-corrected chi connectivity index (χ2v) is 3.86. The molecule has 0 atom stereocenters. The van der Waals surface area contributed by atoms with Gasteiger partial charge in [-0.25, -0.2) is 4.98 Å². The van der Waals surface area contributed by atoms with Crippen LogP contribution in [0.25, 0.3) is 11.0 Å². The van der Waals surface area contributed by atoms with Gasteiger partial charge in [-0.3, -0.25) is 9.48 Å². The number of carbonyl (C=O) groups excluding carboxylic acids is 1. The molecule has 0 spiro atoms. The maximum absolute atomic E-state index is 11.0. The standard InChI is InChI=1S/C10H10ClN3O/c1-6(15)3-7-4-12-10-8(9(7)11)5-13-14(10)2/h4-5H,3H2,1-2H3. The van der Waals surface area contributed by atoms with Crippen LogP contribution < -0.4 is 0 Å². The first-order valence-corrected chi connectivity index (χ1v) is 4.92. The lowest BCUT2D eigenvalue weighted by Gasteiger charge is -2.02. The lowest BCUT2D eigenvalue weighted by atomic mass is 10.1. The minimum atomic E-state index is 0.0712. The molecular weight excluding hydrogens is 214 g/mol. The molecule has 0 saturated heterocycles. The highest BCUT2D eigenvalue weighted by Crippen LogP contribution is 2.25. The highest BCUT2D eigenvalue weighted by atomic mass is 35.5. The lowest BCUT2D eigenvalue weighted by Crippen LogP contribution is -1.99. The van der Waals surface area contributed by atoms with Gasteiger partial charge in [0.25, 0.3) is 0 Å². The summed E-state index contributed by atoms with van der Waals surface area (Å²) in [6.45, 7) is 1.53. The van der Waals surface area contributed by atoms with E-state index in [2.05, 4.69) is 10.1 Å². The molecule has 0 aliphatic heterocycles. The number of aryl methyl sites for hydroxylation is 1. The summed E-state index contributed by atoms with van der Waals surface area (Å²) >= 11 is 6.15. The predicted molar refractivity (Wildman–Crippen MR) is 57.9 cm³/mol. The van der Waals surface area contributed by atoms with Crippen molar-refractivity contribution in [2.24, 2.45) is 7.05 Å². The lowest BCUT2D eigenvalue weighted by molar-refractivity contribution is -0.116. The number of nitrogens with zero attached hydrogens (tertiary/aromatic N) is 3. The Labute approximate surface area is 91.9 Å². The van der Waals surface area contributed by atoms with Crippen molar-refractivity contribution in [2.45, 2.75) is 13.3 Å². The van der Waals surface area contributed by atoms with Crippen LogP contribution in [0, 0.1) is 0 Å². The number of pyridine rings is 1. The average Bonchev–Trinajstić information content (AvgIpc) is 2.53. The smallest absolute Gasteiger partial charge is 0.158 e. The highest BCUT2D eigenvalue weighted by Gasteiger charge is 2.11. The third-order valence-electron chi connectivity index (χ3n) is 2.21. The number of Topliss-reactive ketones (excluding diaryl/α,β-unsaturated/α-hetero) is 1. The van der Waals surface area contributed by atoms with Crippen molar-refractivity contribution in [3.8, 4) is 0 Å². The Hall–Kier alpha value is -1.42. The molecule has 0 N–H and O–H groups in total. The summed E-state index contributed by atoms with van der Waals surface area (Å²) in [7, 11) is 1.80. The van der Waals surface area contributed by atoms with Gasteiger partial charge in [0.05, 0.1) is 16.6 Å². The molecule has 0 bridgehead atoms. The van der Waals surface area contributed by atoms with Gasteiger partial charge in [-0.15, -0.1) is 0 Å². The number of halogens is 1. The van der Waals surface area contributed by atoms with Gasteiger partial charge in [0.15, 0.2) is 5.65 Å². The zero-order valence-electron chi connectivity index (χ0n) is 8.49. The molecule has 0 radical (unpaired) electrons. The largest absolute Gasteiger partial charge is 0.300 e. The van der Waals surface area contributed by atoms with Crippen LogP contribution in [0.4, 0.5) is 0 Å². The van der Waals surface area contributed by atoms with Crippen LogP contribution in [-0.2, 0) is 18.3 Å². The van der Waals surface area contributed by atoms with E-state index in [1.54, 1.807) is 24.1 Å². The first-order valence-electron chi connectivity index (χ1n) is 4.54. The Morgan fingerprint density at radius 3 is 2.93 bits per heavy atom. The van der Waals surface area contributed by atoms with Crippen molar-refractivity contribution in [3.63, 3.8) is 0 Å². The summed E-state index contributed by atoms with van der Waals surface area (Å²) in [5, 5.41) is 5.42. The molecule has 2 aromatic rings. The third kappa shape index (κ3) is 1.72. The molecule has 15 heavy (non-hydrogen) atoms. The van der Waals surface area contributed by atoms with Crippen LogP contribution in [0.5, 0.6) is 0 Å². The Kier molecular flexibility index (Phi) is 2.44. The summed E-state index contributed by atoms with van der Waals surface area (Å²) in [6.07, 6.45) is 3.61. The van der Waals surface area contributed by atoms with Gasteiger partial charge < -0.3 is 0 Å². The Morgan fingerprint density at radius 2 is 2.27 bits per heavy atom. The maximum atomic E-state index is 11.0. The number of hydrogen-bond donors (Lipinski definition) is 0. The van der Waals surface area contributed by atoms with Gasteiger partial charge >= 0.3 is 0 Å². The van der Waals surface area contributed by atoms with Gasteiger partial charge in [0, 0.05) is 19.7 Å². The topological polar surface area (TPSA) is 47.8 Å². The highest BCUT2D eigenvalue weighted by molar-refractivity contribution is 6.36. The summed E-state index contributed by atoms with van der Waals surface area (Å²) in [5.74, 6) is 0.0712. The number of rotatable bonds is 2. The maximum Gasteiger partial charge on any atom is 0.158 e. The number of aromatic nitrogens is 3. The summed E-state index contributed by atoms with van der Waals surface area (Å²) < 4.78 is 1.65. The normalized spacial score (nSPS) is 10.9. The number of fused-ring (bicyclic) bond motifs is 1. The Morgan fingerprint density at radius 1 is 1.53 bits per heavy atom. The monoisotopic (exact) mass is 223 g/mol. The van der Waals surface area contributed by atoms with Crippen molar-refractivity contribution < 1.29 is 4.79 Å². The summed E-state index contributed by atoms with van der Waals surface area (Å²) in [4.78, 5) is 15.2. The minimum absolute atomic E-state index is 0.0712. The molecule has 0 amide bonds. The van der Waals surface area contributed by atoms with Crippen LogP contribution >= 0.6 is 11.6 Å². The van der Waals surface area contributed by atoms with Crippen LogP contribution in [0.3, 0.4) is 0 Å². The van der Waals surface area contributed by atoms with Crippen LogP contribution in [0.2, 0.25) is 5.02 Å². The van der Waals surface area contributed by atoms with Gasteiger partial charge in [0.1, 0.15) is 5.78 Å². The van der Waals surface area contributed by atoms with Crippen molar-refractivity contribution in [1.29, 1.82) is 0 Å². The molecule has 0 aromatic carbocycles. The van der Waals surface area contributed by atoms with E-state index in [0.717, 1.165) is 16.6 Å². The molecule has 0 aliphatic carbocycles. The number of carbonyl (C=O) groups is 1. The van der Waals surface area contributed by atoms with Gasteiger partial charge in [-0.2, -0.15) is 5.10 Å². The zero-order chi connectivity index (χ0) is 11.0. The fraction of sp³-hybridized carbons (Fsp3) is 0.300. The molecule has 0 aliphatic rings. The summed E-state index contributed by atoms with van der Waals surface area (Å²) in [5.41, 5.74) is 1.48. The molecule has 2 rings (SSSR count). The molecular formula is C10H10ClN3O. The molecule has 0 unspecified atom stereocenters. The minimum Gasteiger partial charge on any atom is -0.300 e. The Bertz CT molecular complexity index is 533. The number of ketones is 1. The average molecular weight is 224 g/mol.